The smallest absolute Gasteiger partial charge is 0.295 e. The summed E-state index contributed by atoms with van der Waals surface area (Å²) in [6.45, 7) is 0. The maximum atomic E-state index is 10.7. The van der Waals surface area contributed by atoms with E-state index in [0.29, 0.717) is 11.4 Å². The van der Waals surface area contributed by atoms with Crippen LogP contribution in [0.5, 0.6) is 5.75 Å². The van der Waals surface area contributed by atoms with E-state index >= 15 is 0 Å². The molecule has 0 saturated heterocycles. The number of terminal acetylenes is 2. The zero-order chi connectivity index (χ0) is 29.3. The van der Waals surface area contributed by atoms with Crippen LogP contribution in [0.25, 0.3) is 0 Å². The fourth-order valence-corrected chi connectivity index (χ4v) is 2.55. The highest BCUT2D eigenvalue weighted by atomic mass is 127. The van der Waals surface area contributed by atoms with Gasteiger partial charge in [-0.05, 0) is 107 Å². The normalized spacial score (nSPS) is 7.41. The molecule has 0 radical (unpaired) electrons. The number of rotatable bonds is 6. The molecule has 202 valence electrons. The summed E-state index contributed by atoms with van der Waals surface area (Å²) in [7, 11) is 1.60. The first-order valence-corrected chi connectivity index (χ1v) is 12.0. The standard InChI is InChI=1S/C14H12ClNO3.C14H2.CH2INO3.5H2/c1-19-13-5-2-10(3-6-13)8-11-9-12(16(17)18)4-7-14(11)15;1-3-5-7-9-11-13-14-12-10-8-6-4-2;2-1-6-3(4)5;;;;;/h2-7,9H,8H2,1H3;1-2H;1H2;5*1H. The summed E-state index contributed by atoms with van der Waals surface area (Å²) in [5, 5.41) is 19.6. The summed E-state index contributed by atoms with van der Waals surface area (Å²) < 4.78 is 5.18. The summed E-state index contributed by atoms with van der Waals surface area (Å²) in [5.41, 5.74) is 1.80. The third-order valence-corrected chi connectivity index (χ3v) is 4.30. The van der Waals surface area contributed by atoms with Crippen LogP contribution in [0.2, 0.25) is 5.02 Å². The summed E-state index contributed by atoms with van der Waals surface area (Å²) in [6.07, 6.45) is 10.3. The van der Waals surface area contributed by atoms with Crippen LogP contribution < -0.4 is 4.74 Å². The predicted molar refractivity (Wildman–Crippen MR) is 168 cm³/mol. The van der Waals surface area contributed by atoms with E-state index in [1.807, 2.05) is 24.3 Å². The Morgan fingerprint density at radius 2 is 1.36 bits per heavy atom. The number of non-ortho nitro benzene ring substituents is 1. The molecular formula is C29H26ClIN2O6. The highest BCUT2D eigenvalue weighted by Crippen LogP contribution is 2.25. The quantitative estimate of drug-likeness (QED) is 0.125. The van der Waals surface area contributed by atoms with E-state index < -0.39 is 10.0 Å². The number of nitro groups is 1. The zero-order valence-electron chi connectivity index (χ0n) is 20.2. The van der Waals surface area contributed by atoms with Gasteiger partial charge >= 0.3 is 0 Å². The van der Waals surface area contributed by atoms with E-state index in [9.17, 15) is 20.2 Å². The molecule has 0 fully saturated rings. The SMILES string of the molecule is C#CC#CC#CC#CC#CC#CC#C.COc1ccc(Cc2cc([N+](=O)[O-])ccc2Cl)cc1.O=[N+]([O-])OCI.[HH].[HH].[HH].[HH].[HH]. The van der Waals surface area contributed by atoms with E-state index in [2.05, 4.69) is 75.9 Å². The van der Waals surface area contributed by atoms with Gasteiger partial charge in [-0.2, -0.15) is 0 Å². The minimum absolute atomic E-state index is 0. The van der Waals surface area contributed by atoms with Crippen molar-refractivity contribution in [1.29, 1.82) is 0 Å². The van der Waals surface area contributed by atoms with Gasteiger partial charge in [-0.15, -0.1) is 23.0 Å². The van der Waals surface area contributed by atoms with Gasteiger partial charge in [-0.25, -0.2) is 0 Å². The monoisotopic (exact) mass is 660 g/mol. The lowest BCUT2D eigenvalue weighted by atomic mass is 10.0. The summed E-state index contributed by atoms with van der Waals surface area (Å²) in [6, 6.07) is 12.0. The maximum Gasteiger partial charge on any atom is 0.295 e. The van der Waals surface area contributed by atoms with E-state index in [-0.39, 0.29) is 17.4 Å². The molecule has 0 amide bonds. The molecule has 2 rings (SSSR count). The van der Waals surface area contributed by atoms with Crippen molar-refractivity contribution in [1.82, 2.24) is 0 Å². The van der Waals surface area contributed by atoms with Crippen LogP contribution in [0, 0.1) is 104 Å². The van der Waals surface area contributed by atoms with Gasteiger partial charge in [0.25, 0.3) is 10.8 Å². The molecule has 0 unspecified atom stereocenters. The number of ether oxygens (including phenoxy) is 1. The summed E-state index contributed by atoms with van der Waals surface area (Å²) >= 11 is 7.80. The lowest BCUT2D eigenvalue weighted by molar-refractivity contribution is -0.751. The Hall–Kier alpha value is -5.22. The second-order valence-electron chi connectivity index (χ2n) is 6.06. The maximum absolute atomic E-state index is 10.7. The average Bonchev–Trinajstić information content (AvgIpc) is 2.92. The molecule has 0 atom stereocenters. The molecule has 10 heteroatoms. The number of benzene rings is 2. The molecule has 0 spiro atoms. The van der Waals surface area contributed by atoms with Gasteiger partial charge in [0, 0.05) is 24.3 Å². The molecule has 8 nitrogen and oxygen atoms in total. The second-order valence-corrected chi connectivity index (χ2v) is 7.09. The molecule has 0 aliphatic heterocycles. The van der Waals surface area contributed by atoms with Crippen molar-refractivity contribution in [2.75, 3.05) is 11.7 Å². The molecule has 0 N–H and O–H groups in total. The molecular weight excluding hydrogens is 635 g/mol. The highest BCUT2D eigenvalue weighted by Gasteiger charge is 2.10. The number of hydrogen-bond acceptors (Lipinski definition) is 6. The third kappa shape index (κ3) is 17.8. The number of nitro benzene ring substituents is 1. The van der Waals surface area contributed by atoms with Gasteiger partial charge in [-0.3, -0.25) is 10.1 Å². The molecule has 39 heavy (non-hydrogen) atoms. The van der Waals surface area contributed by atoms with E-state index in [0.717, 1.165) is 16.9 Å². The van der Waals surface area contributed by atoms with Crippen LogP contribution in [0.1, 0.15) is 18.3 Å². The van der Waals surface area contributed by atoms with Gasteiger partial charge in [0.15, 0.2) is 0 Å². The van der Waals surface area contributed by atoms with Crippen molar-refractivity contribution >= 4 is 39.9 Å². The van der Waals surface area contributed by atoms with Crippen LogP contribution in [-0.2, 0) is 11.3 Å². The molecule has 0 aliphatic rings. The Morgan fingerprint density at radius 1 is 0.872 bits per heavy atom. The van der Waals surface area contributed by atoms with Crippen molar-refractivity contribution < 1.29 is 26.7 Å². The van der Waals surface area contributed by atoms with Crippen LogP contribution in [0.4, 0.5) is 5.69 Å². The van der Waals surface area contributed by atoms with Crippen LogP contribution in [-0.4, -0.2) is 21.7 Å². The van der Waals surface area contributed by atoms with Crippen LogP contribution in [0.3, 0.4) is 0 Å². The van der Waals surface area contributed by atoms with E-state index in [1.165, 1.54) is 12.1 Å². The van der Waals surface area contributed by atoms with Crippen LogP contribution >= 0.6 is 34.2 Å². The molecule has 0 aromatic heterocycles. The first kappa shape index (κ1) is 33.8. The lowest BCUT2D eigenvalue weighted by Gasteiger charge is -2.06. The van der Waals surface area contributed by atoms with Gasteiger partial charge in [0.05, 0.1) is 12.0 Å². The fraction of sp³-hybridized carbons (Fsp3) is 0.103. The van der Waals surface area contributed by atoms with Gasteiger partial charge in [0.2, 0.25) is 0 Å². The Kier molecular flexibility index (Phi) is 19.1. The minimum Gasteiger partial charge on any atom is -0.497 e. The minimum atomic E-state index is -0.827. The summed E-state index contributed by atoms with van der Waals surface area (Å²) in [4.78, 5) is 23.3. The van der Waals surface area contributed by atoms with Crippen molar-refractivity contribution in [3.63, 3.8) is 0 Å². The molecule has 0 heterocycles. The van der Waals surface area contributed by atoms with Gasteiger partial charge in [-0.1, -0.05) is 46.3 Å². The third-order valence-electron chi connectivity index (χ3n) is 3.65. The number of nitrogens with zero attached hydrogens (tertiary/aromatic N) is 2. The first-order valence-electron chi connectivity index (χ1n) is 10.1. The van der Waals surface area contributed by atoms with Crippen molar-refractivity contribution in [2.24, 2.45) is 0 Å². The Morgan fingerprint density at radius 3 is 1.72 bits per heavy atom. The number of methoxy groups -OCH3 is 1. The Bertz CT molecular complexity index is 1520. The Labute approximate surface area is 252 Å². The zero-order valence-corrected chi connectivity index (χ0v) is 23.1. The van der Waals surface area contributed by atoms with Crippen molar-refractivity contribution in [3.05, 3.63) is 78.8 Å². The van der Waals surface area contributed by atoms with Crippen molar-refractivity contribution in [2.45, 2.75) is 6.42 Å². The number of alkyl halides is 1. The topological polar surface area (TPSA) is 105 Å². The lowest BCUT2D eigenvalue weighted by Crippen LogP contribution is -1.95. The number of hydrogen-bond donors (Lipinski definition) is 0. The predicted octanol–water partition coefficient (Wildman–Crippen LogP) is 5.93. The second kappa shape index (κ2) is 22.0. The molecule has 0 aliphatic carbocycles. The highest BCUT2D eigenvalue weighted by molar-refractivity contribution is 14.1. The molecule has 0 saturated carbocycles. The first-order chi connectivity index (χ1) is 18.8. The van der Waals surface area contributed by atoms with Crippen LogP contribution in [0.15, 0.2) is 42.5 Å². The molecule has 2 aromatic rings. The average molecular weight is 661 g/mol. The van der Waals surface area contributed by atoms with E-state index in [4.69, 9.17) is 29.2 Å². The van der Waals surface area contributed by atoms with Gasteiger partial charge < -0.3 is 9.57 Å². The number of halogens is 2. The fourth-order valence-electron chi connectivity index (χ4n) is 2.14. The molecule has 2 aromatic carbocycles. The van der Waals surface area contributed by atoms with Gasteiger partial charge in [0.1, 0.15) is 10.4 Å². The van der Waals surface area contributed by atoms with Crippen molar-refractivity contribution in [3.8, 4) is 89.6 Å². The Balaban J connectivity index is -0.000000130. The van der Waals surface area contributed by atoms with E-state index in [1.54, 1.807) is 35.8 Å². The molecule has 0 bridgehead atoms. The largest absolute Gasteiger partial charge is 0.497 e. The summed E-state index contributed by atoms with van der Waals surface area (Å²) in [5.74, 6) is 29.1.